The van der Waals surface area contributed by atoms with Crippen molar-refractivity contribution in [3.05, 3.63) is 23.8 Å². The molecule has 0 aromatic carbocycles. The third kappa shape index (κ3) is 1.93. The molecule has 0 bridgehead atoms. The molecule has 1 fully saturated rings. The lowest BCUT2D eigenvalue weighted by molar-refractivity contribution is 0.613. The number of rotatable bonds is 2. The van der Waals surface area contributed by atoms with Crippen LogP contribution in [0.25, 0.3) is 0 Å². The van der Waals surface area contributed by atoms with E-state index < -0.39 is 0 Å². The van der Waals surface area contributed by atoms with E-state index in [9.17, 15) is 0 Å². The first kappa shape index (κ1) is 9.59. The highest BCUT2D eigenvalue weighted by Crippen LogP contribution is 2.21. The van der Waals surface area contributed by atoms with Crippen molar-refractivity contribution in [2.45, 2.75) is 38.6 Å². The summed E-state index contributed by atoms with van der Waals surface area (Å²) in [5.74, 6) is 1.37. The van der Waals surface area contributed by atoms with Crippen molar-refractivity contribution in [1.82, 2.24) is 15.3 Å². The number of nitrogens with one attached hydrogen (secondary N) is 1. The Labute approximate surface area is 85.0 Å². The van der Waals surface area contributed by atoms with Crippen molar-refractivity contribution < 1.29 is 0 Å². The fourth-order valence-corrected chi connectivity index (χ4v) is 1.80. The standard InChI is InChI=1S/C11H17N3/c1-8(2)11-13-7-5-10(14-11)9-4-3-6-12-9/h5,7-9,12H,3-4,6H2,1-2H3/t9-/m0/s1. The average molecular weight is 191 g/mol. The van der Waals surface area contributed by atoms with Crippen LogP contribution in [0.3, 0.4) is 0 Å². The van der Waals surface area contributed by atoms with E-state index in [-0.39, 0.29) is 0 Å². The molecule has 0 unspecified atom stereocenters. The Morgan fingerprint density at radius 2 is 2.36 bits per heavy atom. The maximum absolute atomic E-state index is 4.58. The van der Waals surface area contributed by atoms with Gasteiger partial charge in [0.25, 0.3) is 0 Å². The fourth-order valence-electron chi connectivity index (χ4n) is 1.80. The van der Waals surface area contributed by atoms with Gasteiger partial charge in [0.15, 0.2) is 0 Å². The maximum atomic E-state index is 4.58. The molecule has 0 amide bonds. The molecule has 1 aliphatic heterocycles. The molecule has 1 N–H and O–H groups in total. The minimum Gasteiger partial charge on any atom is -0.309 e. The zero-order chi connectivity index (χ0) is 9.97. The van der Waals surface area contributed by atoms with Gasteiger partial charge in [-0.1, -0.05) is 13.8 Å². The molecule has 0 radical (unpaired) electrons. The molecule has 0 saturated carbocycles. The first-order valence-electron chi connectivity index (χ1n) is 5.33. The van der Waals surface area contributed by atoms with Gasteiger partial charge in [0.2, 0.25) is 0 Å². The lowest BCUT2D eigenvalue weighted by atomic mass is 10.1. The van der Waals surface area contributed by atoms with E-state index in [1.807, 2.05) is 12.3 Å². The predicted molar refractivity (Wildman–Crippen MR) is 56.1 cm³/mol. The van der Waals surface area contributed by atoms with Crippen LogP contribution in [0.2, 0.25) is 0 Å². The van der Waals surface area contributed by atoms with Crippen molar-refractivity contribution in [3.63, 3.8) is 0 Å². The SMILES string of the molecule is CC(C)c1nccc([C@@H]2CCCN2)n1. The van der Waals surface area contributed by atoms with Crippen LogP contribution in [-0.4, -0.2) is 16.5 Å². The highest BCUT2D eigenvalue weighted by molar-refractivity contribution is 5.10. The minimum absolute atomic E-state index is 0.413. The molecule has 2 heterocycles. The van der Waals surface area contributed by atoms with Gasteiger partial charge in [-0.2, -0.15) is 0 Å². The normalized spacial score (nSPS) is 21.8. The highest BCUT2D eigenvalue weighted by atomic mass is 15.0. The smallest absolute Gasteiger partial charge is 0.131 e. The lowest BCUT2D eigenvalue weighted by Gasteiger charge is -2.11. The summed E-state index contributed by atoms with van der Waals surface area (Å²) in [4.78, 5) is 8.85. The predicted octanol–water partition coefficient (Wildman–Crippen LogP) is 2.02. The van der Waals surface area contributed by atoms with Gasteiger partial charge in [-0.3, -0.25) is 0 Å². The van der Waals surface area contributed by atoms with Crippen molar-refractivity contribution in [2.75, 3.05) is 6.54 Å². The minimum atomic E-state index is 0.413. The van der Waals surface area contributed by atoms with Crippen LogP contribution in [0.4, 0.5) is 0 Å². The molecule has 76 valence electrons. The molecule has 0 spiro atoms. The van der Waals surface area contributed by atoms with E-state index in [0.717, 1.165) is 18.1 Å². The topological polar surface area (TPSA) is 37.8 Å². The molecule has 1 aliphatic rings. The van der Waals surface area contributed by atoms with Crippen LogP contribution in [0.1, 0.15) is 50.2 Å². The van der Waals surface area contributed by atoms with Crippen LogP contribution in [0, 0.1) is 0 Å². The number of hydrogen-bond donors (Lipinski definition) is 1. The summed E-state index contributed by atoms with van der Waals surface area (Å²) in [6, 6.07) is 2.48. The number of aromatic nitrogens is 2. The second-order valence-electron chi connectivity index (χ2n) is 4.14. The first-order valence-corrected chi connectivity index (χ1v) is 5.33. The Morgan fingerprint density at radius 1 is 1.50 bits per heavy atom. The molecule has 1 aromatic rings. The van der Waals surface area contributed by atoms with Gasteiger partial charge in [0.05, 0.1) is 5.69 Å². The van der Waals surface area contributed by atoms with E-state index in [4.69, 9.17) is 0 Å². The molecule has 3 nitrogen and oxygen atoms in total. The van der Waals surface area contributed by atoms with E-state index in [2.05, 4.69) is 29.1 Å². The summed E-state index contributed by atoms with van der Waals surface area (Å²) >= 11 is 0. The second-order valence-corrected chi connectivity index (χ2v) is 4.14. The zero-order valence-corrected chi connectivity index (χ0v) is 8.83. The first-order chi connectivity index (χ1) is 6.77. The molecule has 2 rings (SSSR count). The molecular formula is C11H17N3. The molecule has 14 heavy (non-hydrogen) atoms. The van der Waals surface area contributed by atoms with Crippen LogP contribution >= 0.6 is 0 Å². The van der Waals surface area contributed by atoms with Crippen molar-refractivity contribution in [3.8, 4) is 0 Å². The maximum Gasteiger partial charge on any atom is 0.131 e. The average Bonchev–Trinajstić information content (AvgIpc) is 2.71. The van der Waals surface area contributed by atoms with Crippen LogP contribution in [0.15, 0.2) is 12.3 Å². The van der Waals surface area contributed by atoms with Gasteiger partial charge >= 0.3 is 0 Å². The molecule has 0 aliphatic carbocycles. The molecule has 1 atom stereocenters. The lowest BCUT2D eigenvalue weighted by Crippen LogP contribution is -2.15. The Kier molecular flexibility index (Phi) is 2.77. The third-order valence-electron chi connectivity index (χ3n) is 2.63. The Hall–Kier alpha value is -0.960. The van der Waals surface area contributed by atoms with Crippen LogP contribution in [-0.2, 0) is 0 Å². The van der Waals surface area contributed by atoms with Crippen LogP contribution < -0.4 is 5.32 Å². The van der Waals surface area contributed by atoms with E-state index >= 15 is 0 Å². The van der Waals surface area contributed by atoms with Gasteiger partial charge in [-0.25, -0.2) is 9.97 Å². The fraction of sp³-hybridized carbons (Fsp3) is 0.636. The Bertz CT molecular complexity index is 303. The molecule has 1 aromatic heterocycles. The van der Waals surface area contributed by atoms with Gasteiger partial charge in [0, 0.05) is 18.2 Å². The summed E-state index contributed by atoms with van der Waals surface area (Å²) in [5.41, 5.74) is 1.15. The highest BCUT2D eigenvalue weighted by Gasteiger charge is 2.18. The summed E-state index contributed by atoms with van der Waals surface area (Å²) < 4.78 is 0. The number of nitrogens with zero attached hydrogens (tertiary/aromatic N) is 2. The van der Waals surface area contributed by atoms with Crippen molar-refractivity contribution in [1.29, 1.82) is 0 Å². The van der Waals surface area contributed by atoms with E-state index in [1.165, 1.54) is 12.8 Å². The zero-order valence-electron chi connectivity index (χ0n) is 8.83. The quantitative estimate of drug-likeness (QED) is 0.777. The van der Waals surface area contributed by atoms with E-state index in [0.29, 0.717) is 12.0 Å². The third-order valence-corrected chi connectivity index (χ3v) is 2.63. The molecular weight excluding hydrogens is 174 g/mol. The van der Waals surface area contributed by atoms with Crippen molar-refractivity contribution >= 4 is 0 Å². The summed E-state index contributed by atoms with van der Waals surface area (Å²) in [7, 11) is 0. The van der Waals surface area contributed by atoms with Gasteiger partial charge in [-0.05, 0) is 25.5 Å². The Balaban J connectivity index is 2.21. The van der Waals surface area contributed by atoms with Gasteiger partial charge in [-0.15, -0.1) is 0 Å². The van der Waals surface area contributed by atoms with Gasteiger partial charge < -0.3 is 5.32 Å². The van der Waals surface area contributed by atoms with E-state index in [1.54, 1.807) is 0 Å². The number of hydrogen-bond acceptors (Lipinski definition) is 3. The Morgan fingerprint density at radius 3 is 3.00 bits per heavy atom. The van der Waals surface area contributed by atoms with Gasteiger partial charge in [0.1, 0.15) is 5.82 Å². The summed E-state index contributed by atoms with van der Waals surface area (Å²) in [6.07, 6.45) is 4.33. The molecule has 1 saturated heterocycles. The van der Waals surface area contributed by atoms with Crippen molar-refractivity contribution in [2.24, 2.45) is 0 Å². The van der Waals surface area contributed by atoms with Crippen LogP contribution in [0.5, 0.6) is 0 Å². The monoisotopic (exact) mass is 191 g/mol. The molecule has 3 heteroatoms. The second kappa shape index (κ2) is 4.05. The summed E-state index contributed by atoms with van der Waals surface area (Å²) in [6.45, 7) is 5.37. The largest absolute Gasteiger partial charge is 0.309 e. The summed E-state index contributed by atoms with van der Waals surface area (Å²) in [5, 5.41) is 3.45.